The van der Waals surface area contributed by atoms with Crippen molar-refractivity contribution in [2.75, 3.05) is 40.0 Å². The monoisotopic (exact) mass is 300 g/mol. The van der Waals surface area contributed by atoms with Crippen LogP contribution in [0, 0.1) is 5.92 Å². The zero-order chi connectivity index (χ0) is 15.4. The van der Waals surface area contributed by atoms with Crippen molar-refractivity contribution in [3.63, 3.8) is 0 Å². The fraction of sp³-hybridized carbons (Fsp3) is 0.857. The van der Waals surface area contributed by atoms with Crippen molar-refractivity contribution in [2.24, 2.45) is 5.92 Å². The van der Waals surface area contributed by atoms with Gasteiger partial charge in [0, 0.05) is 26.2 Å². The van der Waals surface area contributed by atoms with Gasteiger partial charge in [-0.05, 0) is 25.7 Å². The van der Waals surface area contributed by atoms with Gasteiger partial charge in [-0.2, -0.15) is 0 Å². The third-order valence-corrected chi connectivity index (χ3v) is 4.19. The topological polar surface area (TPSA) is 79.3 Å². The molecular formula is C14H24N2O5. The number of nitrogens with zero attached hydrogens (tertiary/aromatic N) is 2. The van der Waals surface area contributed by atoms with E-state index in [1.807, 2.05) is 4.90 Å². The summed E-state index contributed by atoms with van der Waals surface area (Å²) in [6.07, 6.45) is 1.38. The third-order valence-electron chi connectivity index (χ3n) is 4.19. The first-order valence-corrected chi connectivity index (χ1v) is 7.43. The van der Waals surface area contributed by atoms with Crippen molar-refractivity contribution < 1.29 is 24.2 Å². The van der Waals surface area contributed by atoms with Crippen LogP contribution in [-0.2, 0) is 14.3 Å². The number of hydrogen-bond acceptors (Lipinski definition) is 4. The third kappa shape index (κ3) is 4.07. The van der Waals surface area contributed by atoms with Gasteiger partial charge in [-0.3, -0.25) is 0 Å². The zero-order valence-electron chi connectivity index (χ0n) is 12.7. The fourth-order valence-electron chi connectivity index (χ4n) is 2.65. The molecule has 0 aromatic carbocycles. The molecule has 1 saturated carbocycles. The van der Waals surface area contributed by atoms with Gasteiger partial charge in [0.15, 0.2) is 6.10 Å². The summed E-state index contributed by atoms with van der Waals surface area (Å²) in [5.41, 5.74) is 0. The van der Waals surface area contributed by atoms with E-state index in [0.29, 0.717) is 25.6 Å². The Labute approximate surface area is 124 Å². The van der Waals surface area contributed by atoms with Crippen LogP contribution in [0.1, 0.15) is 19.8 Å². The van der Waals surface area contributed by atoms with E-state index in [4.69, 9.17) is 14.6 Å². The Morgan fingerprint density at radius 3 is 2.76 bits per heavy atom. The second-order valence-corrected chi connectivity index (χ2v) is 5.69. The Morgan fingerprint density at radius 1 is 1.48 bits per heavy atom. The minimum Gasteiger partial charge on any atom is -0.479 e. The second-order valence-electron chi connectivity index (χ2n) is 5.69. The van der Waals surface area contributed by atoms with E-state index in [2.05, 4.69) is 6.92 Å². The Kier molecular flexibility index (Phi) is 5.41. The van der Waals surface area contributed by atoms with Crippen LogP contribution in [0.15, 0.2) is 0 Å². The van der Waals surface area contributed by atoms with Crippen LogP contribution in [0.25, 0.3) is 0 Å². The van der Waals surface area contributed by atoms with E-state index >= 15 is 0 Å². The van der Waals surface area contributed by atoms with Gasteiger partial charge < -0.3 is 24.4 Å². The highest BCUT2D eigenvalue weighted by Crippen LogP contribution is 2.35. The number of carbonyl (C=O) groups is 2. The van der Waals surface area contributed by atoms with E-state index in [-0.39, 0.29) is 25.2 Å². The molecule has 7 heteroatoms. The number of ether oxygens (including phenoxy) is 2. The van der Waals surface area contributed by atoms with Gasteiger partial charge in [0.2, 0.25) is 0 Å². The Hall–Kier alpha value is -1.34. The lowest BCUT2D eigenvalue weighted by Gasteiger charge is -2.37. The highest BCUT2D eigenvalue weighted by Gasteiger charge is 2.37. The maximum Gasteiger partial charge on any atom is 0.334 e. The molecule has 0 bridgehead atoms. The number of aliphatic carboxylic acids is 1. The number of carbonyl (C=O) groups excluding carboxylic acids is 1. The van der Waals surface area contributed by atoms with E-state index in [9.17, 15) is 9.59 Å². The highest BCUT2D eigenvalue weighted by atomic mass is 16.5. The van der Waals surface area contributed by atoms with Gasteiger partial charge in [-0.1, -0.05) is 0 Å². The predicted molar refractivity (Wildman–Crippen MR) is 75.1 cm³/mol. The van der Waals surface area contributed by atoms with Crippen LogP contribution < -0.4 is 0 Å². The standard InChI is InChI=1S/C14H24N2O5/c1-10(11-3-4-11)16(6-7-20-2)14(19)15-5-8-21-12(9-15)13(17)18/h10-12H,3-9H2,1-2H3,(H,17,18). The van der Waals surface area contributed by atoms with E-state index < -0.39 is 12.1 Å². The summed E-state index contributed by atoms with van der Waals surface area (Å²) < 4.78 is 10.3. The van der Waals surface area contributed by atoms with Crippen molar-refractivity contribution in [3.8, 4) is 0 Å². The van der Waals surface area contributed by atoms with E-state index in [0.717, 1.165) is 12.8 Å². The Bertz CT molecular complexity index is 386. The first-order chi connectivity index (χ1) is 10.0. The molecule has 1 aliphatic heterocycles. The molecule has 2 unspecified atom stereocenters. The zero-order valence-corrected chi connectivity index (χ0v) is 12.7. The van der Waals surface area contributed by atoms with Crippen LogP contribution in [0.3, 0.4) is 0 Å². The van der Waals surface area contributed by atoms with Gasteiger partial charge in [-0.15, -0.1) is 0 Å². The molecule has 1 aliphatic carbocycles. The number of morpholine rings is 1. The summed E-state index contributed by atoms with van der Waals surface area (Å²) in [4.78, 5) is 27.1. The van der Waals surface area contributed by atoms with Crippen molar-refractivity contribution in [1.29, 1.82) is 0 Å². The van der Waals surface area contributed by atoms with Crippen LogP contribution in [0.5, 0.6) is 0 Å². The highest BCUT2D eigenvalue weighted by molar-refractivity contribution is 5.77. The average molecular weight is 300 g/mol. The molecule has 1 saturated heterocycles. The maximum atomic E-state index is 12.7. The first kappa shape index (κ1) is 16.0. The lowest BCUT2D eigenvalue weighted by molar-refractivity contribution is -0.154. The quantitative estimate of drug-likeness (QED) is 0.778. The minimum absolute atomic E-state index is 0.106. The smallest absolute Gasteiger partial charge is 0.334 e. The van der Waals surface area contributed by atoms with Crippen molar-refractivity contribution in [1.82, 2.24) is 9.80 Å². The molecule has 2 atom stereocenters. The lowest BCUT2D eigenvalue weighted by Crippen LogP contribution is -2.55. The average Bonchev–Trinajstić information content (AvgIpc) is 3.32. The predicted octanol–water partition coefficient (Wildman–Crippen LogP) is 0.639. The molecule has 0 spiro atoms. The summed E-state index contributed by atoms with van der Waals surface area (Å²) in [6, 6.07) is 0.0553. The number of methoxy groups -OCH3 is 1. The van der Waals surface area contributed by atoms with Gasteiger partial charge >= 0.3 is 12.0 Å². The molecule has 0 radical (unpaired) electrons. The normalized spacial score (nSPS) is 23.7. The number of carboxylic acid groups (broad SMARTS) is 1. The van der Waals surface area contributed by atoms with Crippen LogP contribution in [-0.4, -0.2) is 79.0 Å². The molecular weight excluding hydrogens is 276 g/mol. The molecule has 21 heavy (non-hydrogen) atoms. The summed E-state index contributed by atoms with van der Waals surface area (Å²) in [7, 11) is 1.61. The summed E-state index contributed by atoms with van der Waals surface area (Å²) >= 11 is 0. The number of urea groups is 1. The van der Waals surface area contributed by atoms with Gasteiger partial charge in [0.25, 0.3) is 0 Å². The Morgan fingerprint density at radius 2 is 2.19 bits per heavy atom. The van der Waals surface area contributed by atoms with Gasteiger partial charge in [0.05, 0.1) is 19.8 Å². The molecule has 2 amide bonds. The molecule has 120 valence electrons. The number of carboxylic acids is 1. The summed E-state index contributed by atoms with van der Waals surface area (Å²) in [5, 5.41) is 9.03. The summed E-state index contributed by atoms with van der Waals surface area (Å²) in [5.74, 6) is -0.465. The molecule has 1 heterocycles. The molecule has 2 rings (SSSR count). The SMILES string of the molecule is COCCN(C(=O)N1CCOC(C(=O)O)C1)C(C)C1CC1. The molecule has 1 N–H and O–H groups in total. The number of hydrogen-bond donors (Lipinski definition) is 1. The van der Waals surface area contributed by atoms with Crippen LogP contribution >= 0.6 is 0 Å². The lowest BCUT2D eigenvalue weighted by atomic mass is 10.2. The maximum absolute atomic E-state index is 12.7. The van der Waals surface area contributed by atoms with Gasteiger partial charge in [-0.25, -0.2) is 9.59 Å². The summed E-state index contributed by atoms with van der Waals surface area (Å²) in [6.45, 7) is 3.87. The van der Waals surface area contributed by atoms with Crippen molar-refractivity contribution in [2.45, 2.75) is 31.9 Å². The van der Waals surface area contributed by atoms with Crippen molar-refractivity contribution >= 4 is 12.0 Å². The largest absolute Gasteiger partial charge is 0.479 e. The molecule has 2 fully saturated rings. The fourth-order valence-corrected chi connectivity index (χ4v) is 2.65. The molecule has 2 aliphatic rings. The van der Waals surface area contributed by atoms with E-state index in [1.54, 1.807) is 12.0 Å². The number of rotatable bonds is 6. The van der Waals surface area contributed by atoms with Gasteiger partial charge in [0.1, 0.15) is 0 Å². The van der Waals surface area contributed by atoms with Crippen LogP contribution in [0.2, 0.25) is 0 Å². The van der Waals surface area contributed by atoms with E-state index in [1.165, 1.54) is 0 Å². The molecule has 0 aromatic rings. The first-order valence-electron chi connectivity index (χ1n) is 7.43. The Balaban J connectivity index is 2.00. The molecule has 7 nitrogen and oxygen atoms in total. The minimum atomic E-state index is -1.02. The van der Waals surface area contributed by atoms with Crippen molar-refractivity contribution in [3.05, 3.63) is 0 Å². The number of amides is 2. The second kappa shape index (κ2) is 7.09. The molecule has 0 aromatic heterocycles. The van der Waals surface area contributed by atoms with Crippen LogP contribution in [0.4, 0.5) is 4.79 Å².